The molecule has 0 atom stereocenters. The van der Waals surface area contributed by atoms with Gasteiger partial charge in [-0.3, -0.25) is 0 Å². The van der Waals surface area contributed by atoms with E-state index in [4.69, 9.17) is 4.74 Å². The van der Waals surface area contributed by atoms with E-state index in [1.807, 2.05) is 37.3 Å². The van der Waals surface area contributed by atoms with Crippen molar-refractivity contribution in [3.05, 3.63) is 77.2 Å². The second-order valence-corrected chi connectivity index (χ2v) is 5.53. The van der Waals surface area contributed by atoms with Crippen LogP contribution >= 0.6 is 0 Å². The first-order chi connectivity index (χ1) is 11.6. The summed E-state index contributed by atoms with van der Waals surface area (Å²) in [7, 11) is 0. The molecule has 0 radical (unpaired) electrons. The fourth-order valence-corrected chi connectivity index (χ4v) is 2.25. The number of nitrogens with one attached hydrogen (secondary N) is 1. The van der Waals surface area contributed by atoms with E-state index in [9.17, 15) is 4.39 Å². The molecule has 5 heteroatoms. The average molecular weight is 323 g/mol. The number of aromatic nitrogens is 2. The Balaban J connectivity index is 1.74. The minimum absolute atomic E-state index is 0.238. The molecule has 2 aromatic carbocycles. The zero-order valence-corrected chi connectivity index (χ0v) is 13.6. The van der Waals surface area contributed by atoms with Gasteiger partial charge in [-0.1, -0.05) is 30.3 Å². The molecule has 1 N–H and O–H groups in total. The van der Waals surface area contributed by atoms with E-state index in [1.165, 1.54) is 6.07 Å². The SMILES string of the molecule is Cc1cc(OCc2ccccc2)nc(Nc2ccc(F)c(C)c2)n1. The van der Waals surface area contributed by atoms with Gasteiger partial charge in [-0.2, -0.15) is 4.98 Å². The van der Waals surface area contributed by atoms with Crippen molar-refractivity contribution in [2.75, 3.05) is 5.32 Å². The summed E-state index contributed by atoms with van der Waals surface area (Å²) in [5.41, 5.74) is 3.15. The molecule has 0 fully saturated rings. The van der Waals surface area contributed by atoms with Crippen molar-refractivity contribution < 1.29 is 9.13 Å². The lowest BCUT2D eigenvalue weighted by Crippen LogP contribution is -2.03. The standard InChI is InChI=1S/C19H18FN3O/c1-13-10-16(8-9-17(13)20)22-19-21-14(2)11-18(23-19)24-12-15-6-4-3-5-7-15/h3-11H,12H2,1-2H3,(H,21,22,23). The number of aryl methyl sites for hydroxylation is 2. The molecule has 0 unspecified atom stereocenters. The Morgan fingerprint density at radius 2 is 1.79 bits per heavy atom. The third-order valence-electron chi connectivity index (χ3n) is 3.47. The van der Waals surface area contributed by atoms with Gasteiger partial charge in [-0.15, -0.1) is 0 Å². The van der Waals surface area contributed by atoms with Crippen molar-refractivity contribution in [1.82, 2.24) is 9.97 Å². The second kappa shape index (κ2) is 7.08. The molecule has 3 rings (SSSR count). The van der Waals surface area contributed by atoms with Crippen LogP contribution in [0.2, 0.25) is 0 Å². The number of hydrogen-bond donors (Lipinski definition) is 1. The molecule has 3 aromatic rings. The van der Waals surface area contributed by atoms with E-state index in [2.05, 4.69) is 15.3 Å². The highest BCUT2D eigenvalue weighted by atomic mass is 19.1. The number of anilines is 2. The van der Waals surface area contributed by atoms with Gasteiger partial charge in [0.25, 0.3) is 0 Å². The Kier molecular flexibility index (Phi) is 4.70. The van der Waals surface area contributed by atoms with E-state index < -0.39 is 0 Å². The lowest BCUT2D eigenvalue weighted by Gasteiger charge is -2.10. The molecule has 0 aliphatic carbocycles. The molecule has 1 aromatic heterocycles. The number of nitrogens with zero attached hydrogens (tertiary/aromatic N) is 2. The zero-order chi connectivity index (χ0) is 16.9. The minimum atomic E-state index is -0.238. The fourth-order valence-electron chi connectivity index (χ4n) is 2.25. The molecular weight excluding hydrogens is 305 g/mol. The van der Waals surface area contributed by atoms with Crippen LogP contribution in [0.3, 0.4) is 0 Å². The Bertz CT molecular complexity index is 837. The molecular formula is C19H18FN3O. The predicted molar refractivity (Wildman–Crippen MR) is 92.0 cm³/mol. The van der Waals surface area contributed by atoms with Crippen LogP contribution in [-0.2, 0) is 6.61 Å². The Morgan fingerprint density at radius 1 is 1.00 bits per heavy atom. The van der Waals surface area contributed by atoms with Gasteiger partial charge in [-0.25, -0.2) is 9.37 Å². The lowest BCUT2D eigenvalue weighted by molar-refractivity contribution is 0.293. The molecule has 0 aliphatic heterocycles. The topological polar surface area (TPSA) is 47.0 Å². The van der Waals surface area contributed by atoms with E-state index in [1.54, 1.807) is 25.1 Å². The summed E-state index contributed by atoms with van der Waals surface area (Å²) in [6.07, 6.45) is 0. The van der Waals surface area contributed by atoms with E-state index in [0.717, 1.165) is 16.9 Å². The van der Waals surface area contributed by atoms with Gasteiger partial charge in [0.2, 0.25) is 11.8 Å². The monoisotopic (exact) mass is 323 g/mol. The van der Waals surface area contributed by atoms with Crippen molar-refractivity contribution in [2.45, 2.75) is 20.5 Å². The zero-order valence-electron chi connectivity index (χ0n) is 13.6. The van der Waals surface area contributed by atoms with Gasteiger partial charge >= 0.3 is 0 Å². The van der Waals surface area contributed by atoms with Crippen LogP contribution in [0.4, 0.5) is 16.0 Å². The maximum Gasteiger partial charge on any atom is 0.230 e. The highest BCUT2D eigenvalue weighted by Crippen LogP contribution is 2.20. The largest absolute Gasteiger partial charge is 0.473 e. The van der Waals surface area contributed by atoms with Gasteiger partial charge < -0.3 is 10.1 Å². The predicted octanol–water partition coefficient (Wildman–Crippen LogP) is 4.56. The number of halogens is 1. The maximum absolute atomic E-state index is 13.3. The van der Waals surface area contributed by atoms with Crippen LogP contribution in [0.1, 0.15) is 16.8 Å². The maximum atomic E-state index is 13.3. The van der Waals surface area contributed by atoms with Crippen molar-refractivity contribution >= 4 is 11.6 Å². The molecule has 0 bridgehead atoms. The second-order valence-electron chi connectivity index (χ2n) is 5.53. The highest BCUT2D eigenvalue weighted by Gasteiger charge is 2.06. The summed E-state index contributed by atoms with van der Waals surface area (Å²) < 4.78 is 19.1. The molecule has 0 saturated carbocycles. The molecule has 1 heterocycles. The van der Waals surface area contributed by atoms with E-state index in [0.29, 0.717) is 24.0 Å². The summed E-state index contributed by atoms with van der Waals surface area (Å²) in [5, 5.41) is 3.08. The van der Waals surface area contributed by atoms with Gasteiger partial charge in [0.05, 0.1) is 0 Å². The third-order valence-corrected chi connectivity index (χ3v) is 3.47. The first kappa shape index (κ1) is 15.9. The van der Waals surface area contributed by atoms with Crippen molar-refractivity contribution in [1.29, 1.82) is 0 Å². The number of benzene rings is 2. The van der Waals surface area contributed by atoms with Crippen LogP contribution in [0.5, 0.6) is 5.88 Å². The van der Waals surface area contributed by atoms with Crippen LogP contribution in [-0.4, -0.2) is 9.97 Å². The molecule has 0 amide bonds. The van der Waals surface area contributed by atoms with Crippen LogP contribution in [0.25, 0.3) is 0 Å². The van der Waals surface area contributed by atoms with Gasteiger partial charge in [-0.05, 0) is 43.2 Å². The number of hydrogen-bond acceptors (Lipinski definition) is 4. The van der Waals surface area contributed by atoms with Crippen LogP contribution < -0.4 is 10.1 Å². The molecule has 122 valence electrons. The van der Waals surface area contributed by atoms with E-state index in [-0.39, 0.29) is 5.82 Å². The summed E-state index contributed by atoms with van der Waals surface area (Å²) in [5.74, 6) is 0.675. The smallest absolute Gasteiger partial charge is 0.230 e. The minimum Gasteiger partial charge on any atom is -0.473 e. The molecule has 0 spiro atoms. The van der Waals surface area contributed by atoms with Crippen LogP contribution in [0.15, 0.2) is 54.6 Å². The first-order valence-corrected chi connectivity index (χ1v) is 7.66. The molecule has 24 heavy (non-hydrogen) atoms. The van der Waals surface area contributed by atoms with Crippen LogP contribution in [0, 0.1) is 19.7 Å². The summed E-state index contributed by atoms with van der Waals surface area (Å²) in [6.45, 7) is 4.02. The van der Waals surface area contributed by atoms with Crippen molar-refractivity contribution in [3.63, 3.8) is 0 Å². The molecule has 4 nitrogen and oxygen atoms in total. The Morgan fingerprint density at radius 3 is 2.54 bits per heavy atom. The number of ether oxygens (including phenoxy) is 1. The number of rotatable bonds is 5. The third kappa shape index (κ3) is 4.07. The Labute approximate surface area is 140 Å². The van der Waals surface area contributed by atoms with Gasteiger partial charge in [0.1, 0.15) is 12.4 Å². The van der Waals surface area contributed by atoms with Crippen molar-refractivity contribution in [3.8, 4) is 5.88 Å². The highest BCUT2D eigenvalue weighted by molar-refractivity contribution is 5.55. The summed E-state index contributed by atoms with van der Waals surface area (Å²) >= 11 is 0. The lowest BCUT2D eigenvalue weighted by atomic mass is 10.2. The molecule has 0 aliphatic rings. The van der Waals surface area contributed by atoms with E-state index >= 15 is 0 Å². The summed E-state index contributed by atoms with van der Waals surface area (Å²) in [6, 6.07) is 16.4. The summed E-state index contributed by atoms with van der Waals surface area (Å²) in [4.78, 5) is 8.70. The quantitative estimate of drug-likeness (QED) is 0.748. The average Bonchev–Trinajstić information content (AvgIpc) is 2.57. The van der Waals surface area contributed by atoms with Crippen molar-refractivity contribution in [2.24, 2.45) is 0 Å². The van der Waals surface area contributed by atoms with Gasteiger partial charge in [0, 0.05) is 17.4 Å². The van der Waals surface area contributed by atoms with Gasteiger partial charge in [0.15, 0.2) is 0 Å². The Hall–Kier alpha value is -2.95. The fraction of sp³-hybridized carbons (Fsp3) is 0.158. The molecule has 0 saturated heterocycles. The first-order valence-electron chi connectivity index (χ1n) is 7.66. The normalized spacial score (nSPS) is 10.5.